The van der Waals surface area contributed by atoms with Crippen LogP contribution in [0.1, 0.15) is 67.9 Å². The van der Waals surface area contributed by atoms with Gasteiger partial charge in [0.2, 0.25) is 0 Å². The van der Waals surface area contributed by atoms with Crippen molar-refractivity contribution in [2.45, 2.75) is 73.1 Å². The van der Waals surface area contributed by atoms with E-state index in [9.17, 15) is 9.90 Å². The normalized spacial score (nSPS) is 10.9. The summed E-state index contributed by atoms with van der Waals surface area (Å²) in [6.45, 7) is 10.7. The van der Waals surface area contributed by atoms with Crippen molar-refractivity contribution in [3.63, 3.8) is 0 Å². The number of hydrogen-bond acceptors (Lipinski definition) is 2. The van der Waals surface area contributed by atoms with E-state index in [1.807, 2.05) is 6.07 Å². The summed E-state index contributed by atoms with van der Waals surface area (Å²) < 4.78 is 5.27. The first kappa shape index (κ1) is 21.0. The molecular formula is C24H32O3. The van der Waals surface area contributed by atoms with Crippen LogP contribution in [0.4, 0.5) is 4.79 Å². The van der Waals surface area contributed by atoms with Crippen LogP contribution in [0.3, 0.4) is 0 Å². The van der Waals surface area contributed by atoms with Crippen LogP contribution in [0, 0.1) is 13.8 Å². The number of aryl methyl sites for hydroxylation is 1. The van der Waals surface area contributed by atoms with Crippen molar-refractivity contribution in [2.75, 3.05) is 0 Å². The summed E-state index contributed by atoms with van der Waals surface area (Å²) in [4.78, 5) is 11.4. The van der Waals surface area contributed by atoms with Crippen LogP contribution in [0.5, 0.6) is 5.75 Å². The molecule has 2 rings (SSSR count). The molecule has 0 aliphatic rings. The average molecular weight is 369 g/mol. The van der Waals surface area contributed by atoms with Crippen molar-refractivity contribution in [1.29, 1.82) is 0 Å². The van der Waals surface area contributed by atoms with Gasteiger partial charge in [0.15, 0.2) is 0 Å². The molecule has 1 N–H and O–H groups in total. The Kier molecular flexibility index (Phi) is 7.46. The Balaban J connectivity index is 2.86. The highest BCUT2D eigenvalue weighted by Crippen LogP contribution is 2.39. The highest BCUT2D eigenvalue weighted by atomic mass is 16.7. The fourth-order valence-electron chi connectivity index (χ4n) is 3.88. The van der Waals surface area contributed by atoms with Gasteiger partial charge in [-0.15, -0.1) is 0 Å². The zero-order chi connectivity index (χ0) is 20.0. The number of hydrogen-bond donors (Lipinski definition) is 1. The SMILES string of the molecule is CCCc1c(OC(=O)O)cc(-c2cccc(C)c2C)c(CCC)c1CCC. The van der Waals surface area contributed by atoms with Crippen LogP contribution in [0.15, 0.2) is 24.3 Å². The van der Waals surface area contributed by atoms with E-state index in [1.54, 1.807) is 0 Å². The molecule has 0 heterocycles. The third kappa shape index (κ3) is 4.71. The van der Waals surface area contributed by atoms with Gasteiger partial charge in [0.25, 0.3) is 0 Å². The second kappa shape index (κ2) is 9.59. The van der Waals surface area contributed by atoms with Gasteiger partial charge in [-0.3, -0.25) is 0 Å². The number of ether oxygens (including phenoxy) is 1. The summed E-state index contributed by atoms with van der Waals surface area (Å²) in [5.41, 5.74) is 8.49. The highest BCUT2D eigenvalue weighted by Gasteiger charge is 2.21. The van der Waals surface area contributed by atoms with E-state index in [0.29, 0.717) is 5.75 Å². The van der Waals surface area contributed by atoms with Crippen molar-refractivity contribution in [2.24, 2.45) is 0 Å². The van der Waals surface area contributed by atoms with Gasteiger partial charge >= 0.3 is 6.16 Å². The molecule has 0 aromatic heterocycles. The molecule has 0 aliphatic carbocycles. The topological polar surface area (TPSA) is 46.5 Å². The third-order valence-corrected chi connectivity index (χ3v) is 5.22. The van der Waals surface area contributed by atoms with E-state index < -0.39 is 6.16 Å². The van der Waals surface area contributed by atoms with Crippen LogP contribution < -0.4 is 4.74 Å². The van der Waals surface area contributed by atoms with Gasteiger partial charge in [-0.2, -0.15) is 0 Å². The number of carbonyl (C=O) groups is 1. The molecule has 2 aromatic carbocycles. The minimum absolute atomic E-state index is 0.503. The summed E-state index contributed by atoms with van der Waals surface area (Å²) in [6.07, 6.45) is 4.56. The molecule has 0 spiro atoms. The molecule has 0 unspecified atom stereocenters. The fourth-order valence-corrected chi connectivity index (χ4v) is 3.88. The van der Waals surface area contributed by atoms with Crippen molar-refractivity contribution in [3.05, 3.63) is 52.1 Å². The van der Waals surface area contributed by atoms with Crippen LogP contribution in [-0.4, -0.2) is 11.3 Å². The maximum absolute atomic E-state index is 11.4. The predicted octanol–water partition coefficient (Wildman–Crippen LogP) is 6.88. The standard InChI is InChI=1S/C24H32O3/c1-6-10-19-20(11-7-2)22(18-14-9-13-16(4)17(18)5)15-23(27-24(25)26)21(19)12-8-3/h9,13-15H,6-8,10-12H2,1-5H3,(H,25,26). The molecule has 0 radical (unpaired) electrons. The first-order chi connectivity index (χ1) is 12.9. The third-order valence-electron chi connectivity index (χ3n) is 5.22. The highest BCUT2D eigenvalue weighted by molar-refractivity contribution is 5.77. The second-order valence-electron chi connectivity index (χ2n) is 7.22. The Bertz CT molecular complexity index is 806. The molecule has 0 bridgehead atoms. The van der Waals surface area contributed by atoms with Crippen molar-refractivity contribution >= 4 is 6.16 Å². The Morgan fingerprint density at radius 1 is 0.889 bits per heavy atom. The van der Waals surface area contributed by atoms with Crippen LogP contribution in [0.2, 0.25) is 0 Å². The molecule has 0 saturated heterocycles. The molecule has 0 atom stereocenters. The van der Waals surface area contributed by atoms with Gasteiger partial charge in [0, 0.05) is 0 Å². The minimum atomic E-state index is -1.25. The van der Waals surface area contributed by atoms with Gasteiger partial charge in [-0.25, -0.2) is 4.79 Å². The zero-order valence-corrected chi connectivity index (χ0v) is 17.3. The maximum atomic E-state index is 11.4. The number of carboxylic acid groups (broad SMARTS) is 1. The second-order valence-corrected chi connectivity index (χ2v) is 7.22. The molecule has 3 heteroatoms. The Hall–Kier alpha value is -2.29. The number of rotatable bonds is 8. The Morgan fingerprint density at radius 2 is 1.48 bits per heavy atom. The quantitative estimate of drug-likeness (QED) is 0.408. The first-order valence-corrected chi connectivity index (χ1v) is 10.1. The van der Waals surface area contributed by atoms with Crippen molar-refractivity contribution < 1.29 is 14.6 Å². The minimum Gasteiger partial charge on any atom is -0.449 e. The smallest absolute Gasteiger partial charge is 0.449 e. The van der Waals surface area contributed by atoms with E-state index in [0.717, 1.165) is 49.7 Å². The maximum Gasteiger partial charge on any atom is 0.511 e. The van der Waals surface area contributed by atoms with Gasteiger partial charge in [0.05, 0.1) is 0 Å². The van der Waals surface area contributed by atoms with E-state index >= 15 is 0 Å². The van der Waals surface area contributed by atoms with E-state index in [1.165, 1.54) is 27.8 Å². The summed E-state index contributed by atoms with van der Waals surface area (Å²) in [5, 5.41) is 9.29. The predicted molar refractivity (Wildman–Crippen MR) is 112 cm³/mol. The molecule has 0 amide bonds. The lowest BCUT2D eigenvalue weighted by atomic mass is 9.84. The molecule has 27 heavy (non-hydrogen) atoms. The summed E-state index contributed by atoms with van der Waals surface area (Å²) in [5.74, 6) is 0.503. The molecule has 0 aliphatic heterocycles. The molecule has 0 saturated carbocycles. The summed E-state index contributed by atoms with van der Waals surface area (Å²) in [6, 6.07) is 8.29. The van der Waals surface area contributed by atoms with Gasteiger partial charge in [-0.1, -0.05) is 58.2 Å². The van der Waals surface area contributed by atoms with Crippen molar-refractivity contribution in [1.82, 2.24) is 0 Å². The largest absolute Gasteiger partial charge is 0.511 e. The molecule has 3 nitrogen and oxygen atoms in total. The molecular weight excluding hydrogens is 336 g/mol. The van der Waals surface area contributed by atoms with Crippen LogP contribution >= 0.6 is 0 Å². The van der Waals surface area contributed by atoms with Gasteiger partial charge in [0.1, 0.15) is 5.75 Å². The molecule has 0 fully saturated rings. The first-order valence-electron chi connectivity index (χ1n) is 10.1. The van der Waals surface area contributed by atoms with E-state index in [2.05, 4.69) is 52.8 Å². The fraction of sp³-hybridized carbons (Fsp3) is 0.458. The van der Waals surface area contributed by atoms with Gasteiger partial charge in [-0.05, 0) is 78.1 Å². The Labute approximate surface area is 163 Å². The Morgan fingerprint density at radius 3 is 2.07 bits per heavy atom. The van der Waals surface area contributed by atoms with Gasteiger partial charge < -0.3 is 9.84 Å². The monoisotopic (exact) mass is 368 g/mol. The van der Waals surface area contributed by atoms with E-state index in [-0.39, 0.29) is 0 Å². The lowest BCUT2D eigenvalue weighted by Gasteiger charge is -2.23. The average Bonchev–Trinajstić information content (AvgIpc) is 2.62. The van der Waals surface area contributed by atoms with E-state index in [4.69, 9.17) is 4.74 Å². The van der Waals surface area contributed by atoms with Crippen LogP contribution in [0.25, 0.3) is 11.1 Å². The lowest BCUT2D eigenvalue weighted by Crippen LogP contribution is -2.11. The number of benzene rings is 2. The molecule has 146 valence electrons. The van der Waals surface area contributed by atoms with Crippen LogP contribution in [-0.2, 0) is 19.3 Å². The summed E-state index contributed by atoms with van der Waals surface area (Å²) >= 11 is 0. The molecule has 2 aromatic rings. The van der Waals surface area contributed by atoms with Crippen molar-refractivity contribution in [3.8, 4) is 16.9 Å². The lowest BCUT2D eigenvalue weighted by molar-refractivity contribution is 0.144. The zero-order valence-electron chi connectivity index (χ0n) is 17.3. The summed E-state index contributed by atoms with van der Waals surface area (Å²) in [7, 11) is 0.